The van der Waals surface area contributed by atoms with Gasteiger partial charge < -0.3 is 45.1 Å². The molecule has 0 aromatic rings. The van der Waals surface area contributed by atoms with Gasteiger partial charge in [-0.05, 0) is 103 Å². The number of carbonyl (C=O) groups is 2. The van der Waals surface area contributed by atoms with Crippen LogP contribution >= 0.6 is 0 Å². The van der Waals surface area contributed by atoms with Crippen LogP contribution in [0.4, 0.5) is 0 Å². The van der Waals surface area contributed by atoms with E-state index in [0.29, 0.717) is 12.8 Å². The summed E-state index contributed by atoms with van der Waals surface area (Å²) in [5, 5.41) is 57.1. The molecule has 0 saturated carbocycles. The number of rotatable bonds is 55. The Morgan fingerprint density at radius 3 is 1.31 bits per heavy atom. The number of allylic oxidation sites excluding steroid dienone is 13. The third-order valence-electron chi connectivity index (χ3n) is 15.0. The van der Waals surface area contributed by atoms with E-state index in [4.69, 9.17) is 14.2 Å². The van der Waals surface area contributed by atoms with Gasteiger partial charge in [-0.25, -0.2) is 0 Å². The van der Waals surface area contributed by atoms with Gasteiger partial charge in [0.1, 0.15) is 24.4 Å². The highest BCUT2D eigenvalue weighted by atomic mass is 16.7. The van der Waals surface area contributed by atoms with E-state index in [1.165, 1.54) is 141 Å². The molecule has 1 heterocycles. The zero-order valence-electron chi connectivity index (χ0n) is 51.2. The molecule has 0 bridgehead atoms. The Morgan fingerprint density at radius 2 is 0.863 bits per heavy atom. The predicted molar refractivity (Wildman–Crippen MR) is 333 cm³/mol. The Labute approximate surface area is 489 Å². The summed E-state index contributed by atoms with van der Waals surface area (Å²) >= 11 is 0. The van der Waals surface area contributed by atoms with E-state index < -0.39 is 67.4 Å². The number of nitrogens with one attached hydrogen (secondary N) is 1. The highest BCUT2D eigenvalue weighted by Crippen LogP contribution is 2.26. The number of hydrogen-bond acceptors (Lipinski definition) is 10. The minimum Gasteiger partial charge on any atom is -0.454 e. The fourth-order valence-corrected chi connectivity index (χ4v) is 9.78. The number of carbonyl (C=O) groups excluding carboxylic acids is 2. The summed E-state index contributed by atoms with van der Waals surface area (Å²) in [4.78, 5) is 26.6. The highest BCUT2D eigenvalue weighted by Gasteiger charge is 2.47. The summed E-state index contributed by atoms with van der Waals surface area (Å²) in [6.07, 6.45) is 63.3. The average Bonchev–Trinajstić information content (AvgIpc) is 3.48. The molecule has 0 aliphatic carbocycles. The minimum absolute atomic E-state index is 0.0831. The van der Waals surface area contributed by atoms with Gasteiger partial charge in [0.15, 0.2) is 12.4 Å². The fourth-order valence-electron chi connectivity index (χ4n) is 9.78. The zero-order chi connectivity index (χ0) is 58.2. The number of esters is 1. The molecule has 8 unspecified atom stereocenters. The molecule has 6 N–H and O–H groups in total. The maximum Gasteiger partial charge on any atom is 0.306 e. The van der Waals surface area contributed by atoms with E-state index in [1.54, 1.807) is 6.08 Å². The lowest BCUT2D eigenvalue weighted by molar-refractivity contribution is -0.305. The van der Waals surface area contributed by atoms with Gasteiger partial charge in [-0.15, -0.1) is 0 Å². The first-order chi connectivity index (χ1) is 39.2. The Balaban J connectivity index is 2.67. The summed E-state index contributed by atoms with van der Waals surface area (Å²) in [6, 6.07) is -1.04. The maximum atomic E-state index is 13.5. The molecular weight excluding hydrogens is 1000 g/mol. The molecule has 11 nitrogen and oxygen atoms in total. The van der Waals surface area contributed by atoms with Crippen molar-refractivity contribution in [1.82, 2.24) is 5.32 Å². The van der Waals surface area contributed by atoms with Crippen LogP contribution in [-0.4, -0.2) is 99.6 Å². The third-order valence-corrected chi connectivity index (χ3v) is 15.0. The summed E-state index contributed by atoms with van der Waals surface area (Å²) in [5.74, 6) is -1.23. The van der Waals surface area contributed by atoms with Crippen molar-refractivity contribution in [2.24, 2.45) is 0 Å². The number of aliphatic hydroxyl groups excluding tert-OH is 5. The maximum absolute atomic E-state index is 13.5. The molecule has 462 valence electrons. The van der Waals surface area contributed by atoms with Gasteiger partial charge in [-0.2, -0.15) is 0 Å². The van der Waals surface area contributed by atoms with Crippen molar-refractivity contribution in [3.63, 3.8) is 0 Å². The molecule has 8 atom stereocenters. The lowest BCUT2D eigenvalue weighted by atomic mass is 9.99. The largest absolute Gasteiger partial charge is 0.454 e. The van der Waals surface area contributed by atoms with Crippen molar-refractivity contribution in [1.29, 1.82) is 0 Å². The van der Waals surface area contributed by atoms with E-state index in [9.17, 15) is 35.1 Å². The lowest BCUT2D eigenvalue weighted by Gasteiger charge is -2.41. The molecule has 0 spiro atoms. The van der Waals surface area contributed by atoms with Crippen molar-refractivity contribution >= 4 is 11.9 Å². The Morgan fingerprint density at radius 1 is 0.487 bits per heavy atom. The number of amides is 1. The second-order valence-corrected chi connectivity index (χ2v) is 22.5. The first kappa shape index (κ1) is 74.9. The molecule has 1 amide bonds. The van der Waals surface area contributed by atoms with E-state index >= 15 is 0 Å². The quantitative estimate of drug-likeness (QED) is 0.0195. The van der Waals surface area contributed by atoms with E-state index in [2.05, 4.69) is 99.0 Å². The van der Waals surface area contributed by atoms with Crippen LogP contribution in [0.1, 0.15) is 278 Å². The smallest absolute Gasteiger partial charge is 0.306 e. The molecule has 0 aromatic heterocycles. The van der Waals surface area contributed by atoms with Gasteiger partial charge in [-0.1, -0.05) is 254 Å². The van der Waals surface area contributed by atoms with Crippen LogP contribution in [0.5, 0.6) is 0 Å². The van der Waals surface area contributed by atoms with Crippen molar-refractivity contribution in [3.8, 4) is 0 Å². The first-order valence-corrected chi connectivity index (χ1v) is 32.9. The van der Waals surface area contributed by atoms with Crippen LogP contribution in [0.2, 0.25) is 0 Å². The van der Waals surface area contributed by atoms with Crippen LogP contribution in [0, 0.1) is 0 Å². The number of ether oxygens (including phenoxy) is 3. The topological polar surface area (TPSA) is 175 Å². The highest BCUT2D eigenvalue weighted by molar-refractivity contribution is 5.80. The van der Waals surface area contributed by atoms with Gasteiger partial charge in [0.2, 0.25) is 5.91 Å². The predicted octanol–water partition coefficient (Wildman–Crippen LogP) is 16.1. The van der Waals surface area contributed by atoms with E-state index in [1.807, 2.05) is 6.08 Å². The molecule has 1 aliphatic rings. The van der Waals surface area contributed by atoms with Gasteiger partial charge in [-0.3, -0.25) is 9.59 Å². The lowest BCUT2D eigenvalue weighted by Crippen LogP contribution is -2.61. The third kappa shape index (κ3) is 43.5. The minimum atomic E-state index is -1.63. The normalized spacial score (nSPS) is 19.3. The second-order valence-electron chi connectivity index (χ2n) is 22.5. The number of unbranched alkanes of at least 4 members (excludes halogenated alkanes) is 29. The number of aliphatic hydroxyl groups is 5. The molecule has 1 aliphatic heterocycles. The average molecular weight is 1120 g/mol. The van der Waals surface area contributed by atoms with Crippen LogP contribution in [0.3, 0.4) is 0 Å². The molecule has 1 rings (SSSR count). The molecule has 1 saturated heterocycles. The van der Waals surface area contributed by atoms with Gasteiger partial charge in [0.25, 0.3) is 0 Å². The number of hydrogen-bond donors (Lipinski definition) is 6. The SMILES string of the molecule is CCCCC/C=C\C/C=C\C/C=C\C/C=C\CCCCCC(=O)OC1C(OCC(NC(=O)C(O)CCCCCCCCCCCC/C=C\C/C=C\CCCCC)C(O)/C=C/CCCCCCCCCCCC)OC(CO)C(O)C1O. The summed E-state index contributed by atoms with van der Waals surface area (Å²) in [5.41, 5.74) is 0. The summed E-state index contributed by atoms with van der Waals surface area (Å²) in [7, 11) is 0. The molecule has 1 fully saturated rings. The van der Waals surface area contributed by atoms with Crippen molar-refractivity contribution in [3.05, 3.63) is 85.1 Å². The summed E-state index contributed by atoms with van der Waals surface area (Å²) < 4.78 is 17.6. The molecule has 0 radical (unpaired) electrons. The Hall–Kier alpha value is -3.16. The van der Waals surface area contributed by atoms with Crippen LogP contribution in [0.15, 0.2) is 85.1 Å². The van der Waals surface area contributed by atoms with Crippen molar-refractivity contribution in [2.75, 3.05) is 13.2 Å². The zero-order valence-corrected chi connectivity index (χ0v) is 51.2. The van der Waals surface area contributed by atoms with Gasteiger partial charge in [0, 0.05) is 6.42 Å². The van der Waals surface area contributed by atoms with Crippen LogP contribution in [0.25, 0.3) is 0 Å². The molecular formula is C69H121NO10. The van der Waals surface area contributed by atoms with Crippen LogP contribution in [-0.2, 0) is 23.8 Å². The van der Waals surface area contributed by atoms with Crippen molar-refractivity contribution in [2.45, 2.75) is 327 Å². The molecule has 11 heteroatoms. The first-order valence-electron chi connectivity index (χ1n) is 32.9. The molecule has 0 aromatic carbocycles. The Bertz CT molecular complexity index is 1620. The monoisotopic (exact) mass is 1120 g/mol. The Kier molecular flexibility index (Phi) is 52.7. The van der Waals surface area contributed by atoms with E-state index in [0.717, 1.165) is 89.9 Å². The standard InChI is InChI=1S/C69H121NO10/c1-4-7-10-13-16-19-22-25-27-29-31-33-34-36-38-41-44-47-50-53-56-62(73)68(77)70-60(61(72)55-52-49-46-43-40-24-21-18-15-12-9-6-3)59-78-69-67(66(76)65(75)63(58-71)79-69)80-64(74)57-54-51-48-45-42-39-37-35-32-30-28-26-23-20-17-14-11-8-5-2/h16-17,19-20,25-28,32,35,39,42,52,55,60-63,65-67,69,71-73,75-76H,4-15,18,21-24,29-31,33-34,36-38,40-41,43-51,53-54,56-59H2,1-3H3,(H,70,77)/b19-16-,20-17-,27-25-,28-26-,35-32-,42-39-,55-52+. The van der Waals surface area contributed by atoms with Gasteiger partial charge in [0.05, 0.1) is 25.4 Å². The second kappa shape index (κ2) is 56.3. The van der Waals surface area contributed by atoms with Crippen molar-refractivity contribution < 1.29 is 49.3 Å². The van der Waals surface area contributed by atoms with E-state index in [-0.39, 0.29) is 19.4 Å². The molecule has 80 heavy (non-hydrogen) atoms. The van der Waals surface area contributed by atoms with Crippen LogP contribution < -0.4 is 5.32 Å². The van der Waals surface area contributed by atoms with Gasteiger partial charge >= 0.3 is 5.97 Å². The summed E-state index contributed by atoms with van der Waals surface area (Å²) in [6.45, 7) is 5.73. The fraction of sp³-hybridized carbons (Fsp3) is 0.768.